The SMILES string of the molecule is CCC(C)(C)NCC(C)(O)C(=O)O. The van der Waals surface area contributed by atoms with E-state index < -0.39 is 11.6 Å². The fourth-order valence-electron chi connectivity index (χ4n) is 0.612. The maximum atomic E-state index is 10.5. The normalized spacial score (nSPS) is 16.7. The lowest BCUT2D eigenvalue weighted by Gasteiger charge is -2.28. The number of β-amino-alcohol motifs (C(OH)–C–C–N with tert-alkyl or cyclic N) is 1. The third kappa shape index (κ3) is 4.24. The second-order valence-electron chi connectivity index (χ2n) is 4.17. The lowest BCUT2D eigenvalue weighted by molar-refractivity contribution is -0.156. The Morgan fingerprint density at radius 1 is 1.38 bits per heavy atom. The smallest absolute Gasteiger partial charge is 0.336 e. The first-order valence-electron chi connectivity index (χ1n) is 4.42. The minimum atomic E-state index is -1.69. The fourth-order valence-corrected chi connectivity index (χ4v) is 0.612. The van der Waals surface area contributed by atoms with Crippen LogP contribution >= 0.6 is 0 Å². The standard InChI is InChI=1S/C9H19NO3/c1-5-8(2,3)10-6-9(4,13)7(11)12/h10,13H,5-6H2,1-4H3,(H,11,12). The lowest BCUT2D eigenvalue weighted by Crippen LogP contribution is -2.51. The van der Waals surface area contributed by atoms with Gasteiger partial charge in [-0.1, -0.05) is 6.92 Å². The molecule has 13 heavy (non-hydrogen) atoms. The summed E-state index contributed by atoms with van der Waals surface area (Å²) < 4.78 is 0. The number of carboxylic acids is 1. The second kappa shape index (κ2) is 4.07. The molecule has 0 aliphatic rings. The molecule has 1 unspecified atom stereocenters. The van der Waals surface area contributed by atoms with Gasteiger partial charge in [-0.15, -0.1) is 0 Å². The van der Waals surface area contributed by atoms with Crippen LogP contribution in [0.1, 0.15) is 34.1 Å². The average Bonchev–Trinajstić information content (AvgIpc) is 2.01. The Balaban J connectivity index is 4.09. The van der Waals surface area contributed by atoms with E-state index in [2.05, 4.69) is 5.32 Å². The molecule has 0 amide bonds. The first kappa shape index (κ1) is 12.4. The van der Waals surface area contributed by atoms with Gasteiger partial charge in [0.2, 0.25) is 0 Å². The van der Waals surface area contributed by atoms with Crippen molar-refractivity contribution in [2.45, 2.75) is 45.3 Å². The number of carbonyl (C=O) groups is 1. The first-order valence-corrected chi connectivity index (χ1v) is 4.42. The van der Waals surface area contributed by atoms with Crippen LogP contribution in [0.15, 0.2) is 0 Å². The largest absolute Gasteiger partial charge is 0.479 e. The van der Waals surface area contributed by atoms with Crippen LogP contribution in [0.3, 0.4) is 0 Å². The maximum Gasteiger partial charge on any atom is 0.336 e. The highest BCUT2D eigenvalue weighted by Crippen LogP contribution is 2.09. The van der Waals surface area contributed by atoms with Gasteiger partial charge in [0.25, 0.3) is 0 Å². The van der Waals surface area contributed by atoms with Crippen molar-refractivity contribution in [3.63, 3.8) is 0 Å². The highest BCUT2D eigenvalue weighted by Gasteiger charge is 2.31. The van der Waals surface area contributed by atoms with Crippen molar-refractivity contribution in [1.29, 1.82) is 0 Å². The summed E-state index contributed by atoms with van der Waals surface area (Å²) in [7, 11) is 0. The Morgan fingerprint density at radius 3 is 2.15 bits per heavy atom. The van der Waals surface area contributed by atoms with Gasteiger partial charge in [-0.25, -0.2) is 4.79 Å². The Labute approximate surface area is 79.0 Å². The van der Waals surface area contributed by atoms with Gasteiger partial charge in [-0.2, -0.15) is 0 Å². The predicted molar refractivity (Wildman–Crippen MR) is 50.6 cm³/mol. The summed E-state index contributed by atoms with van der Waals surface area (Å²) >= 11 is 0. The number of aliphatic hydroxyl groups is 1. The molecule has 4 heteroatoms. The quantitative estimate of drug-likeness (QED) is 0.592. The van der Waals surface area contributed by atoms with Crippen LogP contribution in [-0.4, -0.2) is 33.9 Å². The van der Waals surface area contributed by atoms with Crippen LogP contribution in [0.2, 0.25) is 0 Å². The summed E-state index contributed by atoms with van der Waals surface area (Å²) in [5.41, 5.74) is -1.83. The molecule has 1 atom stereocenters. The molecule has 0 saturated heterocycles. The molecule has 0 rings (SSSR count). The molecule has 0 spiro atoms. The Hall–Kier alpha value is -0.610. The van der Waals surface area contributed by atoms with Crippen LogP contribution in [0, 0.1) is 0 Å². The zero-order chi connectivity index (χ0) is 10.7. The van der Waals surface area contributed by atoms with Gasteiger partial charge in [0.05, 0.1) is 0 Å². The molecular weight excluding hydrogens is 170 g/mol. The van der Waals surface area contributed by atoms with E-state index in [0.717, 1.165) is 6.42 Å². The van der Waals surface area contributed by atoms with Gasteiger partial charge in [-0.3, -0.25) is 0 Å². The second-order valence-corrected chi connectivity index (χ2v) is 4.17. The number of hydrogen-bond donors (Lipinski definition) is 3. The summed E-state index contributed by atoms with van der Waals surface area (Å²) in [6.45, 7) is 7.27. The highest BCUT2D eigenvalue weighted by molar-refractivity contribution is 5.76. The molecule has 0 aliphatic carbocycles. The predicted octanol–water partition coefficient (Wildman–Crippen LogP) is 0.600. The van der Waals surface area contributed by atoms with Gasteiger partial charge in [0.15, 0.2) is 5.60 Å². The van der Waals surface area contributed by atoms with Crippen molar-refractivity contribution in [2.75, 3.05) is 6.54 Å². The van der Waals surface area contributed by atoms with E-state index >= 15 is 0 Å². The van der Waals surface area contributed by atoms with E-state index in [-0.39, 0.29) is 12.1 Å². The summed E-state index contributed by atoms with van der Waals surface area (Å²) in [5.74, 6) is -1.20. The first-order chi connectivity index (χ1) is 5.71. The topological polar surface area (TPSA) is 69.6 Å². The van der Waals surface area contributed by atoms with Crippen LogP contribution in [0.4, 0.5) is 0 Å². The van der Waals surface area contributed by atoms with Gasteiger partial charge < -0.3 is 15.5 Å². The van der Waals surface area contributed by atoms with E-state index in [0.29, 0.717) is 0 Å². The van der Waals surface area contributed by atoms with E-state index in [9.17, 15) is 9.90 Å². The number of aliphatic carboxylic acids is 1. The summed E-state index contributed by atoms with van der Waals surface area (Å²) in [6.07, 6.45) is 0.878. The maximum absolute atomic E-state index is 10.5. The van der Waals surface area contributed by atoms with Crippen molar-refractivity contribution in [3.8, 4) is 0 Å². The van der Waals surface area contributed by atoms with Crippen molar-refractivity contribution in [2.24, 2.45) is 0 Å². The number of nitrogens with one attached hydrogen (secondary N) is 1. The van der Waals surface area contributed by atoms with Crippen molar-refractivity contribution in [1.82, 2.24) is 5.32 Å². The van der Waals surface area contributed by atoms with Crippen molar-refractivity contribution in [3.05, 3.63) is 0 Å². The minimum absolute atomic E-state index is 0.0587. The molecule has 0 aromatic heterocycles. The molecule has 0 saturated carbocycles. The molecule has 0 aliphatic heterocycles. The number of rotatable bonds is 5. The number of hydrogen-bond acceptors (Lipinski definition) is 3. The molecule has 0 fully saturated rings. The van der Waals surface area contributed by atoms with Crippen LogP contribution < -0.4 is 5.32 Å². The molecule has 0 heterocycles. The van der Waals surface area contributed by atoms with Crippen LogP contribution in [0.25, 0.3) is 0 Å². The molecule has 0 aromatic rings. The molecule has 0 radical (unpaired) electrons. The monoisotopic (exact) mass is 189 g/mol. The van der Waals surface area contributed by atoms with Gasteiger partial charge in [0, 0.05) is 12.1 Å². The summed E-state index contributed by atoms with van der Waals surface area (Å²) in [4.78, 5) is 10.5. The highest BCUT2D eigenvalue weighted by atomic mass is 16.4. The van der Waals surface area contributed by atoms with Crippen LogP contribution in [0.5, 0.6) is 0 Å². The van der Waals surface area contributed by atoms with Gasteiger partial charge in [-0.05, 0) is 27.2 Å². The van der Waals surface area contributed by atoms with E-state index in [1.807, 2.05) is 20.8 Å². The molecule has 4 nitrogen and oxygen atoms in total. The Bertz CT molecular complexity index is 187. The summed E-state index contributed by atoms with van der Waals surface area (Å²) in [6, 6.07) is 0. The average molecular weight is 189 g/mol. The zero-order valence-electron chi connectivity index (χ0n) is 8.72. The number of carboxylic acid groups (broad SMARTS) is 1. The van der Waals surface area contributed by atoms with Gasteiger partial charge in [0.1, 0.15) is 0 Å². The van der Waals surface area contributed by atoms with Crippen molar-refractivity contribution >= 4 is 5.97 Å². The third-order valence-corrected chi connectivity index (χ3v) is 2.26. The Kier molecular flexibility index (Phi) is 3.88. The van der Waals surface area contributed by atoms with E-state index in [1.165, 1.54) is 6.92 Å². The van der Waals surface area contributed by atoms with Crippen LogP contribution in [-0.2, 0) is 4.79 Å². The van der Waals surface area contributed by atoms with E-state index in [1.54, 1.807) is 0 Å². The van der Waals surface area contributed by atoms with E-state index in [4.69, 9.17) is 5.11 Å². The molecule has 3 N–H and O–H groups in total. The third-order valence-electron chi connectivity index (χ3n) is 2.26. The lowest BCUT2D eigenvalue weighted by atomic mass is 9.99. The fraction of sp³-hybridized carbons (Fsp3) is 0.889. The summed E-state index contributed by atoms with van der Waals surface area (Å²) in [5, 5.41) is 21.0. The zero-order valence-corrected chi connectivity index (χ0v) is 8.72. The Morgan fingerprint density at radius 2 is 1.85 bits per heavy atom. The molecule has 0 bridgehead atoms. The van der Waals surface area contributed by atoms with Crippen molar-refractivity contribution < 1.29 is 15.0 Å². The molecule has 0 aromatic carbocycles. The minimum Gasteiger partial charge on any atom is -0.479 e. The molecule has 78 valence electrons. The van der Waals surface area contributed by atoms with Gasteiger partial charge >= 0.3 is 5.97 Å². The molecular formula is C9H19NO3.